The molecule has 1 N–H and O–H groups in total. The molecule has 4 rings (SSSR count). The van der Waals surface area contributed by atoms with Crippen molar-refractivity contribution in [3.63, 3.8) is 0 Å². The highest BCUT2D eigenvalue weighted by atomic mass is 32.2. The minimum absolute atomic E-state index is 0.0543. The van der Waals surface area contributed by atoms with E-state index in [1.165, 1.54) is 57.6 Å². The highest BCUT2D eigenvalue weighted by Crippen LogP contribution is 2.38. The number of benzene rings is 4. The van der Waals surface area contributed by atoms with Gasteiger partial charge in [0.25, 0.3) is 10.0 Å². The number of carbonyl (C=O) groups is 2. The first-order valence-electron chi connectivity index (χ1n) is 16.7. The van der Waals surface area contributed by atoms with Gasteiger partial charge in [-0.15, -0.1) is 0 Å². The molecular weight excluding hydrogens is 671 g/mol. The summed E-state index contributed by atoms with van der Waals surface area (Å²) in [7, 11) is 1.24. The van der Waals surface area contributed by atoms with Crippen LogP contribution in [0.25, 0.3) is 0 Å². The Morgan fingerprint density at radius 2 is 1.45 bits per heavy atom. The summed E-state index contributed by atoms with van der Waals surface area (Å²) in [5.41, 5.74) is 2.68. The summed E-state index contributed by atoms with van der Waals surface area (Å²) in [4.78, 5) is 30.2. The molecular formula is C39H47N3O8S. The summed E-state index contributed by atoms with van der Waals surface area (Å²) < 4.78 is 52.2. The van der Waals surface area contributed by atoms with Crippen molar-refractivity contribution in [2.45, 2.75) is 50.6 Å². The van der Waals surface area contributed by atoms with Crippen molar-refractivity contribution in [3.05, 3.63) is 108 Å². The first-order valence-corrected chi connectivity index (χ1v) is 18.1. The van der Waals surface area contributed by atoms with E-state index >= 15 is 0 Å². The van der Waals surface area contributed by atoms with Crippen LogP contribution in [0.3, 0.4) is 0 Å². The van der Waals surface area contributed by atoms with Crippen LogP contribution in [0.15, 0.2) is 95.9 Å². The fourth-order valence-electron chi connectivity index (χ4n) is 5.68. The van der Waals surface area contributed by atoms with E-state index in [4.69, 9.17) is 18.9 Å². The molecule has 2 amide bonds. The third kappa shape index (κ3) is 9.72. The Morgan fingerprint density at radius 1 is 0.765 bits per heavy atom. The molecule has 0 aliphatic heterocycles. The number of rotatable bonds is 18. The Labute approximate surface area is 301 Å². The molecule has 0 saturated carbocycles. The predicted octanol–water partition coefficient (Wildman–Crippen LogP) is 5.78. The molecule has 0 saturated heterocycles. The number of carbonyl (C=O) groups excluding carboxylic acids is 2. The van der Waals surface area contributed by atoms with Gasteiger partial charge in [-0.2, -0.15) is 0 Å². The molecule has 0 spiro atoms. The number of anilines is 1. The molecule has 272 valence electrons. The van der Waals surface area contributed by atoms with E-state index < -0.39 is 28.5 Å². The highest BCUT2D eigenvalue weighted by Gasteiger charge is 2.36. The second-order valence-corrected chi connectivity index (χ2v) is 13.8. The zero-order chi connectivity index (χ0) is 37.0. The number of sulfonamides is 1. The minimum atomic E-state index is -4.49. The Morgan fingerprint density at radius 3 is 2.10 bits per heavy atom. The average Bonchev–Trinajstić information content (AvgIpc) is 3.14. The molecule has 51 heavy (non-hydrogen) atoms. The number of ether oxygens (including phenoxy) is 4. The number of amides is 2. The smallest absolute Gasteiger partial charge is 0.265 e. The van der Waals surface area contributed by atoms with Crippen molar-refractivity contribution >= 4 is 27.5 Å². The lowest BCUT2D eigenvalue weighted by Gasteiger charge is -2.34. The van der Waals surface area contributed by atoms with Crippen LogP contribution in [0.5, 0.6) is 23.0 Å². The van der Waals surface area contributed by atoms with E-state index in [1.54, 1.807) is 12.1 Å². The van der Waals surface area contributed by atoms with Gasteiger partial charge in [0, 0.05) is 31.6 Å². The topological polar surface area (TPSA) is 124 Å². The van der Waals surface area contributed by atoms with E-state index in [1.807, 2.05) is 68.4 Å². The van der Waals surface area contributed by atoms with Crippen LogP contribution in [-0.2, 0) is 32.6 Å². The Bertz CT molecular complexity index is 1880. The van der Waals surface area contributed by atoms with Gasteiger partial charge in [-0.25, -0.2) is 8.42 Å². The number of unbranched alkanes of at least 4 members (excludes halogenated alkanes) is 1. The highest BCUT2D eigenvalue weighted by molar-refractivity contribution is 7.92. The molecule has 1 atom stereocenters. The van der Waals surface area contributed by atoms with Crippen LogP contribution < -0.4 is 28.6 Å². The molecule has 0 aliphatic rings. The normalized spacial score (nSPS) is 11.6. The van der Waals surface area contributed by atoms with E-state index in [0.717, 1.165) is 33.8 Å². The van der Waals surface area contributed by atoms with Gasteiger partial charge in [0.1, 0.15) is 24.1 Å². The molecule has 0 fully saturated rings. The van der Waals surface area contributed by atoms with Gasteiger partial charge in [-0.1, -0.05) is 73.5 Å². The number of methoxy groups -OCH3 is 4. The van der Waals surface area contributed by atoms with E-state index in [0.29, 0.717) is 18.0 Å². The standard InChI is InChI=1S/C39H47N3O8S/c1-7-8-21-40-39(44)34(23-29-14-10-9-11-15-29)41(26-30-16-12-13-28(2)22-30)38(43)27-42(33-24-31(47-3)17-19-35(33)48-4)51(45,46)32-18-20-36(49-5)37(25-32)50-6/h9-20,22,24-25,34H,7-8,21,23,26-27H2,1-6H3,(H,40,44)/t34-/m0/s1. The van der Waals surface area contributed by atoms with Crippen molar-refractivity contribution < 1.29 is 37.0 Å². The fourth-order valence-corrected chi connectivity index (χ4v) is 7.11. The second kappa shape index (κ2) is 18.1. The van der Waals surface area contributed by atoms with Crippen LogP contribution in [0.1, 0.15) is 36.5 Å². The van der Waals surface area contributed by atoms with Gasteiger partial charge in [-0.05, 0) is 48.7 Å². The van der Waals surface area contributed by atoms with Crippen LogP contribution in [0.2, 0.25) is 0 Å². The molecule has 0 heterocycles. The van der Waals surface area contributed by atoms with E-state index in [9.17, 15) is 18.0 Å². The van der Waals surface area contributed by atoms with Crippen molar-refractivity contribution in [3.8, 4) is 23.0 Å². The third-order valence-corrected chi connectivity index (χ3v) is 10.2. The first kappa shape index (κ1) is 38.6. The van der Waals surface area contributed by atoms with Gasteiger partial charge < -0.3 is 29.2 Å². The van der Waals surface area contributed by atoms with Crippen LogP contribution in [0.4, 0.5) is 5.69 Å². The first-order chi connectivity index (χ1) is 24.6. The van der Waals surface area contributed by atoms with Gasteiger partial charge in [-0.3, -0.25) is 13.9 Å². The summed E-state index contributed by atoms with van der Waals surface area (Å²) in [6, 6.07) is 25.0. The molecule has 0 radical (unpaired) electrons. The molecule has 4 aromatic rings. The van der Waals surface area contributed by atoms with Crippen LogP contribution >= 0.6 is 0 Å². The zero-order valence-electron chi connectivity index (χ0n) is 30.0. The van der Waals surface area contributed by atoms with Crippen molar-refractivity contribution in [1.82, 2.24) is 10.2 Å². The lowest BCUT2D eigenvalue weighted by atomic mass is 10.0. The number of nitrogens with zero attached hydrogens (tertiary/aromatic N) is 2. The number of hydrogen-bond donors (Lipinski definition) is 1. The lowest BCUT2D eigenvalue weighted by molar-refractivity contribution is -0.140. The Hall–Kier alpha value is -5.23. The monoisotopic (exact) mass is 717 g/mol. The van der Waals surface area contributed by atoms with Gasteiger partial charge >= 0.3 is 0 Å². The second-order valence-electron chi connectivity index (χ2n) is 11.9. The van der Waals surface area contributed by atoms with E-state index in [-0.39, 0.29) is 41.0 Å². The van der Waals surface area contributed by atoms with Crippen LogP contribution in [0, 0.1) is 6.92 Å². The average molecular weight is 718 g/mol. The SMILES string of the molecule is CCCCNC(=O)[C@H](Cc1ccccc1)N(Cc1cccc(C)c1)C(=O)CN(c1cc(OC)ccc1OC)S(=O)(=O)c1ccc(OC)c(OC)c1. The maximum absolute atomic E-state index is 14.9. The lowest BCUT2D eigenvalue weighted by Crippen LogP contribution is -2.53. The Kier molecular flexibility index (Phi) is 13.7. The maximum Gasteiger partial charge on any atom is 0.265 e. The summed E-state index contributed by atoms with van der Waals surface area (Å²) in [6.07, 6.45) is 1.85. The molecule has 4 aromatic carbocycles. The number of aryl methyl sites for hydroxylation is 1. The summed E-state index contributed by atoms with van der Waals surface area (Å²) in [5, 5.41) is 3.01. The molecule has 0 aromatic heterocycles. The number of nitrogens with one attached hydrogen (secondary N) is 1. The third-order valence-electron chi connectivity index (χ3n) is 8.41. The minimum Gasteiger partial charge on any atom is -0.497 e. The Balaban J connectivity index is 1.89. The maximum atomic E-state index is 14.9. The van der Waals surface area contributed by atoms with Gasteiger partial charge in [0.2, 0.25) is 11.8 Å². The molecule has 0 aliphatic carbocycles. The molecule has 11 nitrogen and oxygen atoms in total. The van der Waals surface area contributed by atoms with Crippen LogP contribution in [-0.4, -0.2) is 72.7 Å². The van der Waals surface area contributed by atoms with Gasteiger partial charge in [0.05, 0.1) is 39.0 Å². The summed E-state index contributed by atoms with van der Waals surface area (Å²) in [5.74, 6) is 0.129. The van der Waals surface area contributed by atoms with Crippen molar-refractivity contribution in [2.75, 3.05) is 45.8 Å². The fraction of sp³-hybridized carbons (Fsp3) is 0.333. The van der Waals surface area contributed by atoms with Crippen molar-refractivity contribution in [2.24, 2.45) is 0 Å². The molecule has 0 bridgehead atoms. The van der Waals surface area contributed by atoms with Crippen molar-refractivity contribution in [1.29, 1.82) is 0 Å². The van der Waals surface area contributed by atoms with E-state index in [2.05, 4.69) is 5.32 Å². The predicted molar refractivity (Wildman–Crippen MR) is 197 cm³/mol. The summed E-state index contributed by atoms with van der Waals surface area (Å²) in [6.45, 7) is 3.80. The van der Waals surface area contributed by atoms with Gasteiger partial charge in [0.15, 0.2) is 11.5 Å². The zero-order valence-corrected chi connectivity index (χ0v) is 30.9. The largest absolute Gasteiger partial charge is 0.497 e. The summed E-state index contributed by atoms with van der Waals surface area (Å²) >= 11 is 0. The molecule has 12 heteroatoms. The molecule has 0 unspecified atom stereocenters. The number of hydrogen-bond acceptors (Lipinski definition) is 8. The quantitative estimate of drug-likeness (QED) is 0.129.